The van der Waals surface area contributed by atoms with Crippen LogP contribution in [-0.4, -0.2) is 90.6 Å². The SMILES string of the molecule is COc1ncc(-c2ccc3cnc(Nc4ccc(N5CC(CN6CCN(c7cccc(NC8CCC(=O)NC8=O)c7)CC6)C5)cc4)nc3c2)c(C)c1N. The second-order valence-corrected chi connectivity index (χ2v) is 14.1. The maximum Gasteiger partial charge on any atom is 0.249 e. The molecule has 3 saturated heterocycles. The molecule has 13 nitrogen and oxygen atoms in total. The van der Waals surface area contributed by atoms with Crippen LogP contribution in [0.15, 0.2) is 79.1 Å². The van der Waals surface area contributed by atoms with Crippen LogP contribution in [0.3, 0.4) is 0 Å². The molecule has 1 atom stereocenters. The highest BCUT2D eigenvalue weighted by Gasteiger charge is 2.30. The number of nitrogen functional groups attached to an aromatic ring is 1. The van der Waals surface area contributed by atoms with Gasteiger partial charge in [-0.2, -0.15) is 0 Å². The molecule has 5 N–H and O–H groups in total. The summed E-state index contributed by atoms with van der Waals surface area (Å²) >= 11 is 0. The van der Waals surface area contributed by atoms with Gasteiger partial charge in [0, 0.05) is 104 Å². The van der Waals surface area contributed by atoms with Crippen molar-refractivity contribution in [3.05, 3.63) is 84.7 Å². The van der Waals surface area contributed by atoms with Gasteiger partial charge in [-0.3, -0.25) is 19.8 Å². The zero-order valence-corrected chi connectivity index (χ0v) is 30.0. The van der Waals surface area contributed by atoms with Crippen LogP contribution in [0.5, 0.6) is 5.88 Å². The number of nitrogens with two attached hydrogens (primary N) is 1. The van der Waals surface area contributed by atoms with Gasteiger partial charge in [0.2, 0.25) is 23.6 Å². The number of hydrogen-bond donors (Lipinski definition) is 4. The highest BCUT2D eigenvalue weighted by molar-refractivity contribution is 6.01. The molecule has 0 saturated carbocycles. The normalized spacial score (nSPS) is 18.1. The number of aromatic nitrogens is 3. The van der Waals surface area contributed by atoms with Gasteiger partial charge in [-0.15, -0.1) is 0 Å². The number of imide groups is 1. The summed E-state index contributed by atoms with van der Waals surface area (Å²) in [4.78, 5) is 44.8. The molecule has 3 fully saturated rings. The fraction of sp³-hybridized carbons (Fsp3) is 0.325. The number of fused-ring (bicyclic) bond motifs is 1. The Morgan fingerprint density at radius 1 is 0.906 bits per heavy atom. The van der Waals surface area contributed by atoms with E-state index in [1.807, 2.05) is 43.5 Å². The van der Waals surface area contributed by atoms with Gasteiger partial charge in [0.05, 0.1) is 18.3 Å². The van der Waals surface area contributed by atoms with Crippen LogP contribution < -0.4 is 36.2 Å². The molecule has 8 rings (SSSR count). The van der Waals surface area contributed by atoms with E-state index >= 15 is 0 Å². The van der Waals surface area contributed by atoms with Gasteiger partial charge in [0.1, 0.15) is 6.04 Å². The summed E-state index contributed by atoms with van der Waals surface area (Å²) in [6, 6.07) is 22.4. The predicted molar refractivity (Wildman–Crippen MR) is 209 cm³/mol. The maximum atomic E-state index is 12.2. The minimum Gasteiger partial charge on any atom is -0.480 e. The molecule has 0 aliphatic carbocycles. The third-order valence-electron chi connectivity index (χ3n) is 10.6. The van der Waals surface area contributed by atoms with Crippen LogP contribution in [-0.2, 0) is 9.59 Å². The average Bonchev–Trinajstić information content (AvgIpc) is 3.16. The average molecular weight is 713 g/mol. The number of piperazine rings is 1. The molecule has 272 valence electrons. The second kappa shape index (κ2) is 14.6. The molecular formula is C40H44N10O3. The Bertz CT molecular complexity index is 2150. The van der Waals surface area contributed by atoms with Crippen molar-refractivity contribution in [2.45, 2.75) is 25.8 Å². The van der Waals surface area contributed by atoms with E-state index in [-0.39, 0.29) is 17.9 Å². The van der Waals surface area contributed by atoms with E-state index in [0.717, 1.165) is 90.5 Å². The lowest BCUT2D eigenvalue weighted by Gasteiger charge is -2.45. The lowest BCUT2D eigenvalue weighted by Crippen LogP contribution is -2.55. The summed E-state index contributed by atoms with van der Waals surface area (Å²) < 4.78 is 5.27. The molecule has 5 aromatic rings. The number of pyridine rings is 1. The molecule has 3 aliphatic rings. The summed E-state index contributed by atoms with van der Waals surface area (Å²) in [5.41, 5.74) is 14.6. The minimum absolute atomic E-state index is 0.201. The van der Waals surface area contributed by atoms with E-state index in [4.69, 9.17) is 15.5 Å². The van der Waals surface area contributed by atoms with Crippen LogP contribution in [0.4, 0.5) is 34.4 Å². The van der Waals surface area contributed by atoms with Crippen LogP contribution in [0, 0.1) is 12.8 Å². The number of piperidine rings is 1. The Hall–Kier alpha value is -5.95. The number of amides is 2. The fourth-order valence-electron chi connectivity index (χ4n) is 7.46. The van der Waals surface area contributed by atoms with Crippen molar-refractivity contribution in [2.24, 2.45) is 5.92 Å². The Morgan fingerprint density at radius 3 is 2.49 bits per heavy atom. The number of ether oxygens (including phenoxy) is 1. The monoisotopic (exact) mass is 712 g/mol. The number of carbonyl (C=O) groups is 2. The van der Waals surface area contributed by atoms with Crippen LogP contribution >= 0.6 is 0 Å². The summed E-state index contributed by atoms with van der Waals surface area (Å²) in [5.74, 6) is 1.15. The molecule has 13 heteroatoms. The van der Waals surface area contributed by atoms with Gasteiger partial charge in [0.25, 0.3) is 0 Å². The highest BCUT2D eigenvalue weighted by Crippen LogP contribution is 2.33. The van der Waals surface area contributed by atoms with Gasteiger partial charge >= 0.3 is 0 Å². The minimum atomic E-state index is -0.382. The van der Waals surface area contributed by atoms with E-state index in [9.17, 15) is 9.59 Å². The molecule has 0 spiro atoms. The molecule has 1 unspecified atom stereocenters. The number of benzene rings is 3. The zero-order chi connectivity index (χ0) is 36.5. The van der Waals surface area contributed by atoms with Crippen molar-refractivity contribution in [3.8, 4) is 17.0 Å². The van der Waals surface area contributed by atoms with Gasteiger partial charge in [-0.1, -0.05) is 18.2 Å². The number of rotatable bonds is 10. The number of nitrogens with one attached hydrogen (secondary N) is 3. The van der Waals surface area contributed by atoms with Crippen LogP contribution in [0.25, 0.3) is 22.0 Å². The third-order valence-corrected chi connectivity index (χ3v) is 10.6. The molecule has 2 amide bonds. The van der Waals surface area contributed by atoms with Crippen LogP contribution in [0.2, 0.25) is 0 Å². The molecule has 5 heterocycles. The molecule has 3 aromatic carbocycles. The van der Waals surface area contributed by atoms with Crippen molar-refractivity contribution in [1.29, 1.82) is 0 Å². The second-order valence-electron chi connectivity index (χ2n) is 14.1. The molecule has 0 radical (unpaired) electrons. The summed E-state index contributed by atoms with van der Waals surface area (Å²) in [6.07, 6.45) is 4.49. The molecule has 53 heavy (non-hydrogen) atoms. The summed E-state index contributed by atoms with van der Waals surface area (Å²) in [5, 5.41) is 10.0. The Morgan fingerprint density at radius 2 is 1.72 bits per heavy atom. The Balaban J connectivity index is 0.810. The van der Waals surface area contributed by atoms with Crippen molar-refractivity contribution >= 4 is 57.1 Å². The first-order chi connectivity index (χ1) is 25.8. The van der Waals surface area contributed by atoms with Crippen molar-refractivity contribution in [2.75, 3.05) is 79.1 Å². The van der Waals surface area contributed by atoms with Crippen molar-refractivity contribution in [3.63, 3.8) is 0 Å². The van der Waals surface area contributed by atoms with E-state index < -0.39 is 0 Å². The molecule has 3 aliphatic heterocycles. The van der Waals surface area contributed by atoms with Crippen molar-refractivity contribution in [1.82, 2.24) is 25.2 Å². The lowest BCUT2D eigenvalue weighted by atomic mass is 9.98. The summed E-state index contributed by atoms with van der Waals surface area (Å²) in [7, 11) is 1.57. The van der Waals surface area contributed by atoms with Crippen LogP contribution in [0.1, 0.15) is 18.4 Å². The first kappa shape index (κ1) is 34.2. The lowest BCUT2D eigenvalue weighted by molar-refractivity contribution is -0.133. The van der Waals surface area contributed by atoms with Crippen molar-refractivity contribution < 1.29 is 14.3 Å². The van der Waals surface area contributed by atoms with Gasteiger partial charge in [-0.05, 0) is 73.0 Å². The zero-order valence-electron chi connectivity index (χ0n) is 30.0. The number of carbonyl (C=O) groups excluding carboxylic acids is 2. The number of anilines is 6. The van der Waals surface area contributed by atoms with E-state index in [1.54, 1.807) is 13.3 Å². The first-order valence-electron chi connectivity index (χ1n) is 18.2. The fourth-order valence-corrected chi connectivity index (χ4v) is 7.46. The van der Waals surface area contributed by atoms with Gasteiger partial charge in [0.15, 0.2) is 0 Å². The molecular weight excluding hydrogens is 669 g/mol. The van der Waals surface area contributed by atoms with Gasteiger partial charge < -0.3 is 30.9 Å². The maximum absolute atomic E-state index is 12.2. The van der Waals surface area contributed by atoms with E-state index in [1.165, 1.54) is 5.69 Å². The molecule has 2 aromatic heterocycles. The highest BCUT2D eigenvalue weighted by atomic mass is 16.5. The topological polar surface area (TPSA) is 154 Å². The standard InChI is InChI=1S/C40H44N10O3/c1-25-33(21-42-39(53-2)37(25)41)27-6-7-28-20-43-40(46-35(28)18-27)45-29-8-10-31(11-9-29)50-23-26(24-50)22-48-14-16-49(17-15-48)32-5-3-4-30(19-32)44-34-12-13-36(51)47-38(34)52/h3-11,18-21,26,34,44H,12-17,22-24,41H2,1-2H3,(H,43,45,46)(H,47,51,52). The largest absolute Gasteiger partial charge is 0.480 e. The number of methoxy groups -OCH3 is 1. The smallest absolute Gasteiger partial charge is 0.249 e. The Labute approximate surface area is 308 Å². The quantitative estimate of drug-likeness (QED) is 0.147. The summed E-state index contributed by atoms with van der Waals surface area (Å²) in [6.45, 7) is 9.13. The van der Waals surface area contributed by atoms with Gasteiger partial charge in [-0.25, -0.2) is 15.0 Å². The molecule has 0 bridgehead atoms. The first-order valence-corrected chi connectivity index (χ1v) is 18.2. The number of hydrogen-bond acceptors (Lipinski definition) is 12. The Kier molecular flexibility index (Phi) is 9.40. The predicted octanol–water partition coefficient (Wildman–Crippen LogP) is 4.81. The number of nitrogens with zero attached hydrogens (tertiary/aromatic N) is 6. The van der Waals surface area contributed by atoms with E-state index in [0.29, 0.717) is 36.3 Å². The third kappa shape index (κ3) is 7.38. The van der Waals surface area contributed by atoms with E-state index in [2.05, 4.69) is 77.0 Å².